The number of nitrogen functional groups attached to an aromatic ring is 1. The molecule has 0 fully saturated rings. The lowest BCUT2D eigenvalue weighted by Gasteiger charge is -2.09. The molecule has 0 bridgehead atoms. The summed E-state index contributed by atoms with van der Waals surface area (Å²) in [5.41, 5.74) is 6.06. The van der Waals surface area contributed by atoms with Crippen molar-refractivity contribution in [3.8, 4) is 0 Å². The van der Waals surface area contributed by atoms with Crippen molar-refractivity contribution in [2.45, 2.75) is 40.2 Å². The van der Waals surface area contributed by atoms with Gasteiger partial charge in [-0.1, -0.05) is 13.3 Å². The third-order valence-electron chi connectivity index (χ3n) is 2.44. The maximum atomic E-state index is 11.8. The van der Waals surface area contributed by atoms with Gasteiger partial charge in [0, 0.05) is 6.54 Å². The van der Waals surface area contributed by atoms with Crippen LogP contribution in [-0.4, -0.2) is 15.6 Å². The Kier molecular flexibility index (Phi) is 3.82. The fraction of sp³-hybridized carbons (Fsp3) is 0.545. The van der Waals surface area contributed by atoms with Crippen molar-refractivity contribution < 1.29 is 4.79 Å². The standard InChI is InChI=1S/C11H17N3O2/c1-4-5-6-14-11(16)10(12)9(8(3)15)7(2)13-14/h4-6,12H2,1-3H3. The number of anilines is 1. The van der Waals surface area contributed by atoms with Crippen LogP contribution < -0.4 is 11.3 Å². The molecule has 0 saturated carbocycles. The highest BCUT2D eigenvalue weighted by Gasteiger charge is 2.15. The summed E-state index contributed by atoms with van der Waals surface area (Å²) in [5, 5.41) is 4.10. The Bertz CT molecular complexity index is 463. The third-order valence-corrected chi connectivity index (χ3v) is 2.44. The normalized spacial score (nSPS) is 10.4. The number of aromatic nitrogens is 2. The van der Waals surface area contributed by atoms with E-state index in [1.165, 1.54) is 11.6 Å². The van der Waals surface area contributed by atoms with Gasteiger partial charge in [0.25, 0.3) is 5.56 Å². The van der Waals surface area contributed by atoms with Crippen LogP contribution in [-0.2, 0) is 6.54 Å². The van der Waals surface area contributed by atoms with Gasteiger partial charge >= 0.3 is 0 Å². The number of carbonyl (C=O) groups excluding carboxylic acids is 1. The molecule has 0 radical (unpaired) electrons. The minimum Gasteiger partial charge on any atom is -0.394 e. The number of carbonyl (C=O) groups is 1. The zero-order valence-corrected chi connectivity index (χ0v) is 9.91. The van der Waals surface area contributed by atoms with E-state index < -0.39 is 0 Å². The molecule has 0 aliphatic rings. The fourth-order valence-electron chi connectivity index (χ4n) is 1.62. The van der Waals surface area contributed by atoms with Gasteiger partial charge in [0.2, 0.25) is 0 Å². The Labute approximate surface area is 94.3 Å². The Morgan fingerprint density at radius 1 is 1.50 bits per heavy atom. The molecule has 16 heavy (non-hydrogen) atoms. The second-order valence-corrected chi connectivity index (χ2v) is 3.81. The monoisotopic (exact) mass is 223 g/mol. The van der Waals surface area contributed by atoms with Crippen LogP contribution in [0, 0.1) is 6.92 Å². The van der Waals surface area contributed by atoms with E-state index in [1.807, 2.05) is 6.92 Å². The van der Waals surface area contributed by atoms with E-state index in [0.717, 1.165) is 12.8 Å². The van der Waals surface area contributed by atoms with E-state index in [0.29, 0.717) is 12.2 Å². The van der Waals surface area contributed by atoms with Crippen molar-refractivity contribution in [3.05, 3.63) is 21.6 Å². The lowest BCUT2D eigenvalue weighted by atomic mass is 10.1. The van der Waals surface area contributed by atoms with Crippen molar-refractivity contribution in [2.75, 3.05) is 5.73 Å². The summed E-state index contributed by atoms with van der Waals surface area (Å²) < 4.78 is 1.33. The largest absolute Gasteiger partial charge is 0.394 e. The maximum Gasteiger partial charge on any atom is 0.290 e. The average Bonchev–Trinajstić information content (AvgIpc) is 2.21. The molecule has 1 rings (SSSR count). The lowest BCUT2D eigenvalue weighted by molar-refractivity contribution is 0.101. The molecular formula is C11H17N3O2. The number of hydrogen-bond acceptors (Lipinski definition) is 4. The summed E-state index contributed by atoms with van der Waals surface area (Å²) >= 11 is 0. The number of ketones is 1. The predicted molar refractivity (Wildman–Crippen MR) is 62.6 cm³/mol. The van der Waals surface area contributed by atoms with E-state index in [9.17, 15) is 9.59 Å². The van der Waals surface area contributed by atoms with Crippen LogP contribution in [0.1, 0.15) is 42.7 Å². The van der Waals surface area contributed by atoms with Gasteiger partial charge in [0.15, 0.2) is 5.78 Å². The molecule has 1 aromatic rings. The second kappa shape index (κ2) is 4.92. The van der Waals surface area contributed by atoms with Crippen LogP contribution in [0.15, 0.2) is 4.79 Å². The summed E-state index contributed by atoms with van der Waals surface area (Å²) in [6.45, 7) is 5.65. The van der Waals surface area contributed by atoms with E-state index in [4.69, 9.17) is 5.73 Å². The molecule has 0 saturated heterocycles. The van der Waals surface area contributed by atoms with Gasteiger partial charge < -0.3 is 5.73 Å². The van der Waals surface area contributed by atoms with Crippen molar-refractivity contribution >= 4 is 11.5 Å². The quantitative estimate of drug-likeness (QED) is 0.776. The Hall–Kier alpha value is -1.65. The molecule has 0 aliphatic carbocycles. The highest BCUT2D eigenvalue weighted by molar-refractivity contribution is 5.99. The summed E-state index contributed by atoms with van der Waals surface area (Å²) in [5.74, 6) is -0.220. The molecule has 0 amide bonds. The SMILES string of the molecule is CCCCn1nc(C)c(C(C)=O)c(N)c1=O. The molecule has 0 aliphatic heterocycles. The lowest BCUT2D eigenvalue weighted by Crippen LogP contribution is -2.29. The summed E-state index contributed by atoms with van der Waals surface area (Å²) in [7, 11) is 0. The topological polar surface area (TPSA) is 78.0 Å². The van der Waals surface area contributed by atoms with Gasteiger partial charge in [-0.3, -0.25) is 9.59 Å². The van der Waals surface area contributed by atoms with Crippen LogP contribution in [0.4, 0.5) is 5.69 Å². The molecular weight excluding hydrogens is 206 g/mol. The van der Waals surface area contributed by atoms with E-state index in [1.54, 1.807) is 6.92 Å². The van der Waals surface area contributed by atoms with Crippen LogP contribution in [0.3, 0.4) is 0 Å². The molecule has 1 aromatic heterocycles. The highest BCUT2D eigenvalue weighted by atomic mass is 16.1. The number of unbranched alkanes of at least 4 members (excludes halogenated alkanes) is 1. The third kappa shape index (κ3) is 2.29. The van der Waals surface area contributed by atoms with Crippen LogP contribution in [0.25, 0.3) is 0 Å². The predicted octanol–water partition coefficient (Wildman–Crippen LogP) is 1.14. The van der Waals surface area contributed by atoms with E-state index >= 15 is 0 Å². The fourth-order valence-corrected chi connectivity index (χ4v) is 1.62. The van der Waals surface area contributed by atoms with Crippen molar-refractivity contribution in [1.29, 1.82) is 0 Å². The van der Waals surface area contributed by atoms with Crippen molar-refractivity contribution in [1.82, 2.24) is 9.78 Å². The zero-order valence-electron chi connectivity index (χ0n) is 9.91. The van der Waals surface area contributed by atoms with Gasteiger partial charge in [-0.2, -0.15) is 5.10 Å². The Balaban J connectivity index is 3.28. The van der Waals surface area contributed by atoms with Gasteiger partial charge in [-0.05, 0) is 20.3 Å². The first-order valence-electron chi connectivity index (χ1n) is 5.37. The Morgan fingerprint density at radius 2 is 2.12 bits per heavy atom. The molecule has 88 valence electrons. The minimum atomic E-state index is -0.371. The van der Waals surface area contributed by atoms with Gasteiger partial charge in [0.05, 0.1) is 11.3 Å². The Morgan fingerprint density at radius 3 is 2.62 bits per heavy atom. The average molecular weight is 223 g/mol. The van der Waals surface area contributed by atoms with Crippen molar-refractivity contribution in [2.24, 2.45) is 0 Å². The molecule has 2 N–H and O–H groups in total. The van der Waals surface area contributed by atoms with E-state index in [-0.39, 0.29) is 22.6 Å². The molecule has 0 atom stereocenters. The molecule has 0 unspecified atom stereocenters. The smallest absolute Gasteiger partial charge is 0.290 e. The van der Waals surface area contributed by atoms with Crippen LogP contribution in [0.2, 0.25) is 0 Å². The first-order valence-corrected chi connectivity index (χ1v) is 5.37. The first kappa shape index (κ1) is 12.4. The first-order chi connectivity index (χ1) is 7.49. The van der Waals surface area contributed by atoms with Crippen molar-refractivity contribution in [3.63, 3.8) is 0 Å². The summed E-state index contributed by atoms with van der Waals surface area (Å²) in [6, 6.07) is 0. The van der Waals surface area contributed by atoms with Gasteiger partial charge in [-0.15, -0.1) is 0 Å². The van der Waals surface area contributed by atoms with Gasteiger partial charge in [0.1, 0.15) is 5.69 Å². The number of Topliss-reactive ketones (excluding diaryl/α,β-unsaturated/α-hetero) is 1. The molecule has 0 aromatic carbocycles. The van der Waals surface area contributed by atoms with Crippen LogP contribution in [0.5, 0.6) is 0 Å². The summed E-state index contributed by atoms with van der Waals surface area (Å²) in [4.78, 5) is 23.1. The van der Waals surface area contributed by atoms with Crippen LogP contribution >= 0.6 is 0 Å². The zero-order chi connectivity index (χ0) is 12.3. The number of rotatable bonds is 4. The number of nitrogens with two attached hydrogens (primary N) is 1. The summed E-state index contributed by atoms with van der Waals surface area (Å²) in [6.07, 6.45) is 1.84. The van der Waals surface area contributed by atoms with Gasteiger partial charge in [-0.25, -0.2) is 4.68 Å². The maximum absolute atomic E-state index is 11.8. The van der Waals surface area contributed by atoms with E-state index in [2.05, 4.69) is 5.10 Å². The number of hydrogen-bond donors (Lipinski definition) is 1. The molecule has 5 heteroatoms. The minimum absolute atomic E-state index is 0.0103. The molecule has 1 heterocycles. The molecule has 0 spiro atoms. The highest BCUT2D eigenvalue weighted by Crippen LogP contribution is 2.10. The number of aryl methyl sites for hydroxylation is 2. The second-order valence-electron chi connectivity index (χ2n) is 3.81. The number of nitrogens with zero attached hydrogens (tertiary/aromatic N) is 2. The molecule has 5 nitrogen and oxygen atoms in total.